The van der Waals surface area contributed by atoms with Gasteiger partial charge in [-0.05, 0) is 29.3 Å². The minimum Gasteiger partial charge on any atom is -0.497 e. The van der Waals surface area contributed by atoms with E-state index in [9.17, 15) is 9.18 Å². The molecule has 2 nitrogen and oxygen atoms in total. The second-order valence-electron chi connectivity index (χ2n) is 3.91. The van der Waals surface area contributed by atoms with Crippen molar-refractivity contribution >= 4 is 6.29 Å². The summed E-state index contributed by atoms with van der Waals surface area (Å²) in [6, 6.07) is 11.9. The molecular weight excluding hydrogens is 231 g/mol. The van der Waals surface area contributed by atoms with Crippen molar-refractivity contribution in [1.29, 1.82) is 0 Å². The third-order valence-corrected chi connectivity index (χ3v) is 2.76. The van der Waals surface area contributed by atoms with E-state index in [-0.39, 0.29) is 5.82 Å². The van der Waals surface area contributed by atoms with Gasteiger partial charge in [-0.3, -0.25) is 0 Å². The van der Waals surface area contributed by atoms with Gasteiger partial charge in [-0.15, -0.1) is 0 Å². The molecule has 0 N–H and O–H groups in total. The van der Waals surface area contributed by atoms with Crippen LogP contribution in [-0.4, -0.2) is 13.4 Å². The highest BCUT2D eigenvalue weighted by atomic mass is 19.1. The molecule has 0 amide bonds. The molecule has 0 fully saturated rings. The Bertz CT molecular complexity index is 547. The monoisotopic (exact) mass is 244 g/mol. The molecule has 0 atom stereocenters. The molecule has 92 valence electrons. The van der Waals surface area contributed by atoms with Gasteiger partial charge in [0, 0.05) is 12.0 Å². The molecule has 0 saturated heterocycles. The van der Waals surface area contributed by atoms with E-state index in [1.807, 2.05) is 12.1 Å². The summed E-state index contributed by atoms with van der Waals surface area (Å²) in [5.41, 5.74) is 2.17. The molecule has 0 aliphatic rings. The maximum atomic E-state index is 13.7. The Morgan fingerprint density at radius 2 is 1.89 bits per heavy atom. The van der Waals surface area contributed by atoms with Gasteiger partial charge in [0.2, 0.25) is 0 Å². The van der Waals surface area contributed by atoms with Crippen molar-refractivity contribution in [3.8, 4) is 16.9 Å². The van der Waals surface area contributed by atoms with E-state index < -0.39 is 0 Å². The molecular formula is C15H13FO2. The Balaban J connectivity index is 2.38. The summed E-state index contributed by atoms with van der Waals surface area (Å²) in [6.45, 7) is 0. The fourth-order valence-corrected chi connectivity index (χ4v) is 1.77. The van der Waals surface area contributed by atoms with Gasteiger partial charge in [-0.2, -0.15) is 0 Å². The molecule has 0 radical (unpaired) electrons. The summed E-state index contributed by atoms with van der Waals surface area (Å²) >= 11 is 0. The van der Waals surface area contributed by atoms with Crippen LogP contribution < -0.4 is 4.74 Å². The van der Waals surface area contributed by atoms with Crippen LogP contribution in [0.4, 0.5) is 4.39 Å². The van der Waals surface area contributed by atoms with Crippen LogP contribution in [0.1, 0.15) is 5.56 Å². The van der Waals surface area contributed by atoms with Gasteiger partial charge in [0.05, 0.1) is 7.11 Å². The van der Waals surface area contributed by atoms with Gasteiger partial charge in [-0.25, -0.2) is 4.39 Å². The first-order valence-electron chi connectivity index (χ1n) is 5.61. The molecule has 0 spiro atoms. The van der Waals surface area contributed by atoms with Gasteiger partial charge >= 0.3 is 0 Å². The van der Waals surface area contributed by atoms with Crippen molar-refractivity contribution in [2.75, 3.05) is 7.11 Å². The summed E-state index contributed by atoms with van der Waals surface area (Å²) in [7, 11) is 1.55. The molecule has 2 aromatic carbocycles. The number of carbonyl (C=O) groups is 1. The number of ether oxygens (including phenoxy) is 1. The lowest BCUT2D eigenvalue weighted by Gasteiger charge is -2.07. The number of halogens is 1. The average molecular weight is 244 g/mol. The molecule has 0 saturated carbocycles. The summed E-state index contributed by atoms with van der Waals surface area (Å²) in [5, 5.41) is 0. The Morgan fingerprint density at radius 3 is 2.50 bits per heavy atom. The normalized spacial score (nSPS) is 10.1. The van der Waals surface area contributed by atoms with Crippen LogP contribution in [0.2, 0.25) is 0 Å². The number of benzene rings is 2. The third kappa shape index (κ3) is 2.56. The van der Waals surface area contributed by atoms with Crippen molar-refractivity contribution in [2.45, 2.75) is 6.42 Å². The van der Waals surface area contributed by atoms with Gasteiger partial charge in [0.1, 0.15) is 17.9 Å². The summed E-state index contributed by atoms with van der Waals surface area (Å²) < 4.78 is 18.8. The molecule has 2 rings (SSSR count). The van der Waals surface area contributed by atoms with Crippen molar-refractivity contribution in [3.63, 3.8) is 0 Å². The minimum absolute atomic E-state index is 0.293. The van der Waals surface area contributed by atoms with E-state index in [4.69, 9.17) is 4.74 Å². The lowest BCUT2D eigenvalue weighted by molar-refractivity contribution is -0.107. The molecule has 0 aliphatic heterocycles. The Kier molecular flexibility index (Phi) is 3.72. The van der Waals surface area contributed by atoms with Crippen LogP contribution in [0, 0.1) is 5.82 Å². The number of hydrogen-bond acceptors (Lipinski definition) is 2. The second-order valence-corrected chi connectivity index (χ2v) is 3.91. The molecule has 18 heavy (non-hydrogen) atoms. The van der Waals surface area contributed by atoms with Gasteiger partial charge in [0.15, 0.2) is 0 Å². The standard InChI is InChI=1S/C15H13FO2/c1-18-13-6-7-15(16)14(10-13)12-4-2-11(3-5-12)8-9-17/h2-7,9-10H,8H2,1H3. The molecule has 0 aromatic heterocycles. The van der Waals surface area contributed by atoms with Gasteiger partial charge in [0.25, 0.3) is 0 Å². The molecule has 0 heterocycles. The number of hydrogen-bond donors (Lipinski definition) is 0. The predicted octanol–water partition coefficient (Wildman–Crippen LogP) is 3.24. The highest BCUT2D eigenvalue weighted by molar-refractivity contribution is 5.67. The van der Waals surface area contributed by atoms with Crippen LogP contribution >= 0.6 is 0 Å². The summed E-state index contributed by atoms with van der Waals surface area (Å²) in [6.07, 6.45) is 1.22. The van der Waals surface area contributed by atoms with Crippen LogP contribution in [-0.2, 0) is 11.2 Å². The molecule has 3 heteroatoms. The first kappa shape index (κ1) is 12.3. The highest BCUT2D eigenvalue weighted by Crippen LogP contribution is 2.27. The third-order valence-electron chi connectivity index (χ3n) is 2.76. The van der Waals surface area contributed by atoms with Crippen LogP contribution in [0.3, 0.4) is 0 Å². The predicted molar refractivity (Wildman–Crippen MR) is 68.2 cm³/mol. The van der Waals surface area contributed by atoms with Crippen molar-refractivity contribution in [1.82, 2.24) is 0 Å². The average Bonchev–Trinajstić information content (AvgIpc) is 2.41. The quantitative estimate of drug-likeness (QED) is 0.772. The van der Waals surface area contributed by atoms with Crippen LogP contribution in [0.25, 0.3) is 11.1 Å². The molecule has 2 aromatic rings. The first-order valence-corrected chi connectivity index (χ1v) is 5.61. The van der Waals surface area contributed by atoms with Gasteiger partial charge < -0.3 is 9.53 Å². The van der Waals surface area contributed by atoms with E-state index in [1.165, 1.54) is 6.07 Å². The lowest BCUT2D eigenvalue weighted by Crippen LogP contribution is -1.89. The smallest absolute Gasteiger partial charge is 0.131 e. The Hall–Kier alpha value is -2.16. The molecule has 0 aliphatic carbocycles. The van der Waals surface area contributed by atoms with Crippen molar-refractivity contribution < 1.29 is 13.9 Å². The highest BCUT2D eigenvalue weighted by Gasteiger charge is 2.06. The van der Waals surface area contributed by atoms with E-state index in [1.54, 1.807) is 31.4 Å². The van der Waals surface area contributed by atoms with E-state index in [0.29, 0.717) is 17.7 Å². The van der Waals surface area contributed by atoms with E-state index in [0.717, 1.165) is 17.4 Å². The first-order chi connectivity index (χ1) is 8.74. The number of methoxy groups -OCH3 is 1. The summed E-state index contributed by atoms with van der Waals surface area (Å²) in [4.78, 5) is 10.4. The Labute approximate surface area is 105 Å². The minimum atomic E-state index is -0.293. The zero-order valence-electron chi connectivity index (χ0n) is 10.0. The van der Waals surface area contributed by atoms with Crippen LogP contribution in [0.15, 0.2) is 42.5 Å². The van der Waals surface area contributed by atoms with Crippen molar-refractivity contribution in [3.05, 3.63) is 53.8 Å². The van der Waals surface area contributed by atoms with Crippen molar-refractivity contribution in [2.24, 2.45) is 0 Å². The lowest BCUT2D eigenvalue weighted by atomic mass is 10.0. The zero-order chi connectivity index (χ0) is 13.0. The maximum Gasteiger partial charge on any atom is 0.131 e. The largest absolute Gasteiger partial charge is 0.497 e. The second kappa shape index (κ2) is 5.45. The zero-order valence-corrected chi connectivity index (χ0v) is 10.0. The van der Waals surface area contributed by atoms with Gasteiger partial charge in [-0.1, -0.05) is 24.3 Å². The molecule has 0 bridgehead atoms. The topological polar surface area (TPSA) is 26.3 Å². The van der Waals surface area contributed by atoms with E-state index in [2.05, 4.69) is 0 Å². The number of rotatable bonds is 4. The van der Waals surface area contributed by atoms with Crippen LogP contribution in [0.5, 0.6) is 5.75 Å². The van der Waals surface area contributed by atoms with E-state index >= 15 is 0 Å². The fraction of sp³-hybridized carbons (Fsp3) is 0.133. The fourth-order valence-electron chi connectivity index (χ4n) is 1.77. The Morgan fingerprint density at radius 1 is 1.17 bits per heavy atom. The number of carbonyl (C=O) groups excluding carboxylic acids is 1. The SMILES string of the molecule is COc1ccc(F)c(-c2ccc(CC=O)cc2)c1. The maximum absolute atomic E-state index is 13.7. The molecule has 0 unspecified atom stereocenters. The number of aldehydes is 1. The summed E-state index contributed by atoms with van der Waals surface area (Å²) in [5.74, 6) is 0.322.